The number of benzene rings is 1. The van der Waals surface area contributed by atoms with E-state index in [1.807, 2.05) is 17.8 Å². The number of aromatic nitrogens is 2. The van der Waals surface area contributed by atoms with Gasteiger partial charge in [-0.1, -0.05) is 23.2 Å². The zero-order valence-electron chi connectivity index (χ0n) is 11.9. The van der Waals surface area contributed by atoms with Crippen LogP contribution in [0.15, 0.2) is 30.6 Å². The van der Waals surface area contributed by atoms with E-state index in [4.69, 9.17) is 27.9 Å². The predicted molar refractivity (Wildman–Crippen MR) is 84.2 cm³/mol. The van der Waals surface area contributed by atoms with Crippen LogP contribution in [0.3, 0.4) is 0 Å². The van der Waals surface area contributed by atoms with Crippen LogP contribution in [0.5, 0.6) is 0 Å². The molecule has 1 amide bonds. The molecule has 1 aliphatic rings. The minimum absolute atomic E-state index is 0.133. The Balaban J connectivity index is 1.77. The van der Waals surface area contributed by atoms with Gasteiger partial charge in [0, 0.05) is 41.7 Å². The lowest BCUT2D eigenvalue weighted by Crippen LogP contribution is -2.37. The highest BCUT2D eigenvalue weighted by Crippen LogP contribution is 2.28. The third-order valence-corrected chi connectivity index (χ3v) is 4.08. The third kappa shape index (κ3) is 3.11. The van der Waals surface area contributed by atoms with Crippen molar-refractivity contribution in [1.82, 2.24) is 14.9 Å². The monoisotopic (exact) mass is 339 g/mol. The van der Waals surface area contributed by atoms with Gasteiger partial charge in [-0.05, 0) is 24.6 Å². The highest BCUT2D eigenvalue weighted by molar-refractivity contribution is 6.35. The van der Waals surface area contributed by atoms with Gasteiger partial charge in [0.05, 0.1) is 6.04 Å². The number of ether oxygens (including phenoxy) is 1. The van der Waals surface area contributed by atoms with Gasteiger partial charge < -0.3 is 14.6 Å². The van der Waals surface area contributed by atoms with E-state index in [-0.39, 0.29) is 18.1 Å². The van der Waals surface area contributed by atoms with Crippen molar-refractivity contribution in [1.29, 1.82) is 0 Å². The van der Waals surface area contributed by atoms with Crippen LogP contribution in [-0.2, 0) is 11.8 Å². The number of hydrogen-bond acceptors (Lipinski definition) is 3. The van der Waals surface area contributed by atoms with E-state index in [0.29, 0.717) is 22.2 Å². The second-order valence-electron chi connectivity index (χ2n) is 5.21. The van der Waals surface area contributed by atoms with Crippen molar-refractivity contribution in [2.45, 2.75) is 18.6 Å². The highest BCUT2D eigenvalue weighted by atomic mass is 35.5. The van der Waals surface area contributed by atoms with Crippen LogP contribution >= 0.6 is 23.2 Å². The average Bonchev–Trinajstić information content (AvgIpc) is 3.06. The number of amides is 1. The molecule has 0 saturated carbocycles. The summed E-state index contributed by atoms with van der Waals surface area (Å²) in [7, 11) is 1.90. The molecule has 5 nitrogen and oxygen atoms in total. The van der Waals surface area contributed by atoms with E-state index >= 15 is 0 Å². The molecule has 0 aliphatic carbocycles. The van der Waals surface area contributed by atoms with Gasteiger partial charge in [-0.15, -0.1) is 0 Å². The van der Waals surface area contributed by atoms with E-state index in [9.17, 15) is 4.79 Å². The Labute approximate surface area is 138 Å². The summed E-state index contributed by atoms with van der Waals surface area (Å²) in [5, 5.41) is 3.84. The Bertz CT molecular complexity index is 682. The molecular weight excluding hydrogens is 325 g/mol. The zero-order chi connectivity index (χ0) is 15.7. The molecule has 0 radical (unpaired) electrons. The summed E-state index contributed by atoms with van der Waals surface area (Å²) < 4.78 is 7.62. The second-order valence-corrected chi connectivity index (χ2v) is 6.09. The van der Waals surface area contributed by atoms with Gasteiger partial charge in [0.15, 0.2) is 0 Å². The average molecular weight is 340 g/mol. The molecule has 1 fully saturated rings. The lowest BCUT2D eigenvalue weighted by Gasteiger charge is -2.19. The standard InChI is InChI=1S/C15H15Cl2N3O2/c1-20-4-3-18-14(20)13-12(2-5-22-13)19-15(21)9-6-10(16)8-11(17)7-9/h3-4,6-8,12-13H,2,5H2,1H3,(H,19,21)/t12-,13-/m0/s1. The van der Waals surface area contributed by atoms with Crippen LogP contribution in [-0.4, -0.2) is 28.1 Å². The number of aryl methyl sites for hydroxylation is 1. The Morgan fingerprint density at radius 3 is 2.73 bits per heavy atom. The van der Waals surface area contributed by atoms with Crippen LogP contribution in [0.2, 0.25) is 10.0 Å². The van der Waals surface area contributed by atoms with Crippen LogP contribution in [0.25, 0.3) is 0 Å². The first-order chi connectivity index (χ1) is 10.5. The fraction of sp³-hybridized carbons (Fsp3) is 0.333. The number of carbonyl (C=O) groups excluding carboxylic acids is 1. The summed E-state index contributed by atoms with van der Waals surface area (Å²) in [4.78, 5) is 16.7. The predicted octanol–water partition coefficient (Wildman–Crippen LogP) is 2.99. The van der Waals surface area contributed by atoms with Gasteiger partial charge in [-0.3, -0.25) is 4.79 Å². The quantitative estimate of drug-likeness (QED) is 0.935. The minimum atomic E-state index is -0.251. The summed E-state index contributed by atoms with van der Waals surface area (Å²) in [6.45, 7) is 0.582. The first-order valence-electron chi connectivity index (χ1n) is 6.90. The van der Waals surface area contributed by atoms with Crippen molar-refractivity contribution in [3.8, 4) is 0 Å². The minimum Gasteiger partial charge on any atom is -0.368 e. The summed E-state index contributed by atoms with van der Waals surface area (Å²) in [6.07, 6.45) is 4.05. The van der Waals surface area contributed by atoms with Gasteiger partial charge in [-0.25, -0.2) is 4.98 Å². The van der Waals surface area contributed by atoms with E-state index in [1.165, 1.54) is 0 Å². The fourth-order valence-corrected chi connectivity index (χ4v) is 3.11. The number of nitrogens with one attached hydrogen (secondary N) is 1. The van der Waals surface area contributed by atoms with Gasteiger partial charge in [0.1, 0.15) is 11.9 Å². The molecule has 1 N–H and O–H groups in total. The molecule has 22 heavy (non-hydrogen) atoms. The summed E-state index contributed by atoms with van der Waals surface area (Å²) in [5.74, 6) is 0.575. The van der Waals surface area contributed by atoms with Gasteiger partial charge in [-0.2, -0.15) is 0 Å². The smallest absolute Gasteiger partial charge is 0.251 e. The number of imidazole rings is 1. The molecule has 0 spiro atoms. The Hall–Kier alpha value is -1.56. The van der Waals surface area contributed by atoms with Crippen molar-refractivity contribution < 1.29 is 9.53 Å². The number of halogens is 2. The lowest BCUT2D eigenvalue weighted by atomic mass is 10.1. The van der Waals surface area contributed by atoms with Crippen LogP contribution < -0.4 is 5.32 Å². The first-order valence-corrected chi connectivity index (χ1v) is 7.66. The van der Waals surface area contributed by atoms with Gasteiger partial charge in [0.2, 0.25) is 0 Å². The molecule has 2 atom stereocenters. The molecule has 1 aromatic carbocycles. The molecule has 3 rings (SSSR count). The highest BCUT2D eigenvalue weighted by Gasteiger charge is 2.33. The van der Waals surface area contributed by atoms with E-state index < -0.39 is 0 Å². The van der Waals surface area contributed by atoms with Crippen molar-refractivity contribution in [2.75, 3.05) is 6.61 Å². The van der Waals surface area contributed by atoms with Crippen LogP contribution in [0, 0.1) is 0 Å². The number of rotatable bonds is 3. The Kier molecular flexibility index (Phi) is 4.38. The number of carbonyl (C=O) groups is 1. The summed E-state index contributed by atoms with van der Waals surface area (Å²) >= 11 is 11.9. The van der Waals surface area contributed by atoms with E-state index in [0.717, 1.165) is 12.2 Å². The molecular formula is C15H15Cl2N3O2. The van der Waals surface area contributed by atoms with Gasteiger partial charge >= 0.3 is 0 Å². The third-order valence-electron chi connectivity index (χ3n) is 3.65. The molecule has 1 saturated heterocycles. The van der Waals surface area contributed by atoms with Crippen LogP contribution in [0.4, 0.5) is 0 Å². The Morgan fingerprint density at radius 2 is 2.09 bits per heavy atom. The molecule has 0 unspecified atom stereocenters. The maximum Gasteiger partial charge on any atom is 0.251 e. The van der Waals surface area contributed by atoms with Crippen molar-refractivity contribution in [3.05, 3.63) is 52.0 Å². The lowest BCUT2D eigenvalue weighted by molar-refractivity contribution is 0.0779. The molecule has 116 valence electrons. The van der Waals surface area contributed by atoms with Crippen molar-refractivity contribution in [2.24, 2.45) is 7.05 Å². The second kappa shape index (κ2) is 6.28. The normalized spacial score (nSPS) is 21.0. The molecule has 1 aliphatic heterocycles. The largest absolute Gasteiger partial charge is 0.368 e. The first kappa shape index (κ1) is 15.3. The van der Waals surface area contributed by atoms with E-state index in [2.05, 4.69) is 10.3 Å². The molecule has 7 heteroatoms. The SMILES string of the molecule is Cn1ccnc1[C@H]1OCC[C@@H]1NC(=O)c1cc(Cl)cc(Cl)c1. The maximum atomic E-state index is 12.4. The van der Waals surface area contributed by atoms with Gasteiger partial charge in [0.25, 0.3) is 5.91 Å². The van der Waals surface area contributed by atoms with Crippen molar-refractivity contribution in [3.63, 3.8) is 0 Å². The topological polar surface area (TPSA) is 56.1 Å². The summed E-state index contributed by atoms with van der Waals surface area (Å²) in [6, 6.07) is 4.64. The summed E-state index contributed by atoms with van der Waals surface area (Å²) in [5.41, 5.74) is 0.433. The van der Waals surface area contributed by atoms with Crippen LogP contribution in [0.1, 0.15) is 28.7 Å². The number of nitrogens with zero attached hydrogens (tertiary/aromatic N) is 2. The molecule has 2 aromatic rings. The zero-order valence-corrected chi connectivity index (χ0v) is 13.4. The molecule has 2 heterocycles. The molecule has 0 bridgehead atoms. The number of hydrogen-bond donors (Lipinski definition) is 1. The molecule has 1 aromatic heterocycles. The fourth-order valence-electron chi connectivity index (χ4n) is 2.58. The van der Waals surface area contributed by atoms with Crippen molar-refractivity contribution >= 4 is 29.1 Å². The Morgan fingerprint density at radius 1 is 1.36 bits per heavy atom. The maximum absolute atomic E-state index is 12.4. The van der Waals surface area contributed by atoms with E-state index in [1.54, 1.807) is 24.4 Å².